The van der Waals surface area contributed by atoms with Crippen molar-refractivity contribution in [3.8, 4) is 0 Å². The molecule has 4 nitrogen and oxygen atoms in total. The van der Waals surface area contributed by atoms with Gasteiger partial charge < -0.3 is 10.4 Å². The van der Waals surface area contributed by atoms with Crippen molar-refractivity contribution in [1.29, 1.82) is 0 Å². The lowest BCUT2D eigenvalue weighted by atomic mass is 10.0. The van der Waals surface area contributed by atoms with Crippen LogP contribution in [0, 0.1) is 5.41 Å². The van der Waals surface area contributed by atoms with Gasteiger partial charge in [-0.25, -0.2) is 8.78 Å². The topological polar surface area (TPSA) is 52.6 Å². The number of halogens is 3. The predicted molar refractivity (Wildman–Crippen MR) is 67.9 cm³/mol. The minimum Gasteiger partial charge on any atom is -0.481 e. The van der Waals surface area contributed by atoms with Crippen LogP contribution in [0.15, 0.2) is 0 Å². The Hall–Kier alpha value is -0.460. The third kappa shape index (κ3) is 2.71. The molecule has 0 aromatic heterocycles. The summed E-state index contributed by atoms with van der Waals surface area (Å²) >= 11 is 0. The molecule has 0 aromatic carbocycles. The van der Waals surface area contributed by atoms with Crippen LogP contribution >= 0.6 is 12.4 Å². The second-order valence-electron chi connectivity index (χ2n) is 6.02. The molecule has 2 atom stereocenters. The number of carboxylic acid groups (broad SMARTS) is 1. The third-order valence-corrected chi connectivity index (χ3v) is 4.56. The zero-order valence-corrected chi connectivity index (χ0v) is 11.4. The molecule has 0 spiro atoms. The number of hydrogen-bond acceptors (Lipinski definition) is 3. The van der Waals surface area contributed by atoms with E-state index in [-0.39, 0.29) is 36.8 Å². The maximum absolute atomic E-state index is 13.8. The summed E-state index contributed by atoms with van der Waals surface area (Å²) in [6.07, 6.45) is 2.56. The van der Waals surface area contributed by atoms with E-state index in [4.69, 9.17) is 5.11 Å². The second-order valence-corrected chi connectivity index (χ2v) is 6.02. The van der Waals surface area contributed by atoms with Crippen molar-refractivity contribution >= 4 is 18.4 Å². The molecule has 0 amide bonds. The number of nitrogens with zero attached hydrogens (tertiary/aromatic N) is 1. The predicted octanol–water partition coefficient (Wildman–Crippen LogP) is 1.34. The van der Waals surface area contributed by atoms with Crippen LogP contribution in [0.4, 0.5) is 8.78 Å². The standard InChI is InChI=1S/C12H18F2N2O2.ClH/c13-12(14)6-15-8-1-4-16(10(8)12)7-11(2-3-11)5-9(17)18;/h8,10,15H,1-7H2,(H,17,18);1H. The molecule has 1 saturated carbocycles. The average Bonchev–Trinajstić information content (AvgIpc) is 2.75. The Labute approximate surface area is 116 Å². The first-order chi connectivity index (χ1) is 8.42. The van der Waals surface area contributed by atoms with Crippen LogP contribution in [0.1, 0.15) is 25.7 Å². The Balaban J connectivity index is 0.00000133. The number of nitrogens with one attached hydrogen (secondary N) is 1. The fourth-order valence-corrected chi connectivity index (χ4v) is 3.50. The zero-order chi connectivity index (χ0) is 13.0. The van der Waals surface area contributed by atoms with E-state index in [0.717, 1.165) is 19.3 Å². The van der Waals surface area contributed by atoms with Crippen molar-refractivity contribution in [2.24, 2.45) is 5.41 Å². The molecule has 2 aliphatic heterocycles. The second kappa shape index (κ2) is 4.82. The van der Waals surface area contributed by atoms with Crippen LogP contribution in [0.25, 0.3) is 0 Å². The Morgan fingerprint density at radius 3 is 2.68 bits per heavy atom. The maximum atomic E-state index is 13.8. The van der Waals surface area contributed by atoms with E-state index >= 15 is 0 Å². The molecular weight excluding hydrogens is 278 g/mol. The molecule has 7 heteroatoms. The average molecular weight is 297 g/mol. The first kappa shape index (κ1) is 14.9. The fraction of sp³-hybridized carbons (Fsp3) is 0.917. The molecule has 2 N–H and O–H groups in total. The molecular formula is C12H19ClF2N2O2. The first-order valence-corrected chi connectivity index (χ1v) is 6.49. The Kier molecular flexibility index (Phi) is 3.79. The van der Waals surface area contributed by atoms with Crippen LogP contribution in [-0.4, -0.2) is 53.6 Å². The number of aliphatic carboxylic acids is 1. The summed E-state index contributed by atoms with van der Waals surface area (Å²) in [5, 5.41) is 11.8. The molecule has 0 radical (unpaired) electrons. The Morgan fingerprint density at radius 2 is 2.11 bits per heavy atom. The SMILES string of the molecule is Cl.O=C(O)CC1(CN2CCC3NCC(F)(F)C32)CC1. The number of carboxylic acids is 1. The van der Waals surface area contributed by atoms with Gasteiger partial charge in [0.2, 0.25) is 0 Å². The molecule has 1 aliphatic carbocycles. The van der Waals surface area contributed by atoms with Crippen LogP contribution in [0.2, 0.25) is 0 Å². The number of hydrogen-bond donors (Lipinski definition) is 2. The van der Waals surface area contributed by atoms with Gasteiger partial charge >= 0.3 is 5.97 Å². The molecule has 3 rings (SSSR count). The van der Waals surface area contributed by atoms with E-state index in [1.54, 1.807) is 0 Å². The van der Waals surface area contributed by atoms with Crippen LogP contribution < -0.4 is 5.32 Å². The van der Waals surface area contributed by atoms with Crippen LogP contribution in [-0.2, 0) is 4.79 Å². The molecule has 2 heterocycles. The molecule has 2 unspecified atom stereocenters. The Bertz CT molecular complexity index is 377. The van der Waals surface area contributed by atoms with Crippen LogP contribution in [0.5, 0.6) is 0 Å². The van der Waals surface area contributed by atoms with E-state index < -0.39 is 17.9 Å². The van der Waals surface area contributed by atoms with Crippen molar-refractivity contribution < 1.29 is 18.7 Å². The minimum absolute atomic E-state index is 0. The quantitative estimate of drug-likeness (QED) is 0.822. The summed E-state index contributed by atoms with van der Waals surface area (Å²) in [4.78, 5) is 12.6. The number of rotatable bonds is 4. The number of likely N-dealkylation sites (tertiary alicyclic amines) is 1. The van der Waals surface area contributed by atoms with E-state index in [9.17, 15) is 13.6 Å². The van der Waals surface area contributed by atoms with Gasteiger partial charge in [0.15, 0.2) is 0 Å². The monoisotopic (exact) mass is 296 g/mol. The Morgan fingerprint density at radius 1 is 1.42 bits per heavy atom. The lowest BCUT2D eigenvalue weighted by Gasteiger charge is -2.31. The fourth-order valence-electron chi connectivity index (χ4n) is 3.50. The van der Waals surface area contributed by atoms with Crippen molar-refractivity contribution in [2.45, 2.75) is 43.7 Å². The normalized spacial score (nSPS) is 34.6. The summed E-state index contributed by atoms with van der Waals surface area (Å²) in [6.45, 7) is 0.918. The van der Waals surface area contributed by atoms with Crippen molar-refractivity contribution in [3.63, 3.8) is 0 Å². The van der Waals surface area contributed by atoms with Crippen molar-refractivity contribution in [1.82, 2.24) is 10.2 Å². The maximum Gasteiger partial charge on any atom is 0.303 e. The number of alkyl halides is 2. The van der Waals surface area contributed by atoms with E-state index in [1.807, 2.05) is 4.90 Å². The largest absolute Gasteiger partial charge is 0.481 e. The van der Waals surface area contributed by atoms with Gasteiger partial charge in [-0.15, -0.1) is 12.4 Å². The highest BCUT2D eigenvalue weighted by Gasteiger charge is 2.58. The summed E-state index contributed by atoms with van der Waals surface area (Å²) in [6, 6.07) is -0.857. The van der Waals surface area contributed by atoms with Crippen molar-refractivity contribution in [3.05, 3.63) is 0 Å². The zero-order valence-electron chi connectivity index (χ0n) is 10.6. The molecule has 19 heavy (non-hydrogen) atoms. The molecule has 3 fully saturated rings. The van der Waals surface area contributed by atoms with Gasteiger partial charge in [-0.2, -0.15) is 0 Å². The van der Waals surface area contributed by atoms with Crippen LogP contribution in [0.3, 0.4) is 0 Å². The molecule has 0 aromatic rings. The van der Waals surface area contributed by atoms with Gasteiger partial charge in [0.05, 0.1) is 19.0 Å². The number of fused-ring (bicyclic) bond motifs is 1. The number of carbonyl (C=O) groups is 1. The first-order valence-electron chi connectivity index (χ1n) is 6.49. The van der Waals surface area contributed by atoms with Crippen molar-refractivity contribution in [2.75, 3.05) is 19.6 Å². The van der Waals surface area contributed by atoms with Gasteiger partial charge in [0.1, 0.15) is 0 Å². The highest BCUT2D eigenvalue weighted by atomic mass is 35.5. The van der Waals surface area contributed by atoms with Gasteiger partial charge in [-0.1, -0.05) is 0 Å². The minimum atomic E-state index is -2.68. The molecule has 0 bridgehead atoms. The lowest BCUT2D eigenvalue weighted by molar-refractivity contribution is -0.138. The van der Waals surface area contributed by atoms with Gasteiger partial charge in [0.25, 0.3) is 5.92 Å². The summed E-state index contributed by atoms with van der Waals surface area (Å²) in [7, 11) is 0. The molecule has 110 valence electrons. The molecule has 3 aliphatic rings. The van der Waals surface area contributed by atoms with E-state index in [2.05, 4.69) is 5.32 Å². The van der Waals surface area contributed by atoms with Gasteiger partial charge in [-0.3, -0.25) is 9.69 Å². The third-order valence-electron chi connectivity index (χ3n) is 4.56. The van der Waals surface area contributed by atoms with Gasteiger partial charge in [0, 0.05) is 19.1 Å². The highest BCUT2D eigenvalue weighted by molar-refractivity contribution is 5.85. The van der Waals surface area contributed by atoms with E-state index in [1.165, 1.54) is 0 Å². The summed E-state index contributed by atoms with van der Waals surface area (Å²) < 4.78 is 27.6. The molecule has 2 saturated heterocycles. The highest BCUT2D eigenvalue weighted by Crippen LogP contribution is 2.51. The smallest absolute Gasteiger partial charge is 0.303 e. The van der Waals surface area contributed by atoms with E-state index in [0.29, 0.717) is 13.1 Å². The summed E-state index contributed by atoms with van der Waals surface area (Å²) in [5.41, 5.74) is -0.237. The van der Waals surface area contributed by atoms with Gasteiger partial charge in [-0.05, 0) is 24.7 Å². The lowest BCUT2D eigenvalue weighted by Crippen LogP contribution is -2.47. The summed E-state index contributed by atoms with van der Waals surface area (Å²) in [5.74, 6) is -3.50.